The topological polar surface area (TPSA) is 63.1 Å². The highest BCUT2D eigenvalue weighted by Crippen LogP contribution is 2.25. The van der Waals surface area contributed by atoms with Crippen LogP contribution in [0.3, 0.4) is 0 Å². The van der Waals surface area contributed by atoms with Crippen molar-refractivity contribution in [2.24, 2.45) is 5.10 Å². The third kappa shape index (κ3) is 4.24. The van der Waals surface area contributed by atoms with Crippen LogP contribution in [0.4, 0.5) is 10.3 Å². The van der Waals surface area contributed by atoms with Gasteiger partial charge in [0.25, 0.3) is 0 Å². The predicted molar refractivity (Wildman–Crippen MR) is 108 cm³/mol. The molecule has 0 aliphatic carbocycles. The molecule has 2 aromatic carbocycles. The van der Waals surface area contributed by atoms with E-state index < -0.39 is 0 Å². The van der Waals surface area contributed by atoms with Crippen molar-refractivity contribution in [2.75, 3.05) is 5.43 Å². The van der Waals surface area contributed by atoms with Crippen LogP contribution in [0.15, 0.2) is 90.3 Å². The van der Waals surface area contributed by atoms with Crippen molar-refractivity contribution in [3.63, 3.8) is 0 Å². The highest BCUT2D eigenvalue weighted by Gasteiger charge is 2.08. The van der Waals surface area contributed by atoms with Crippen molar-refractivity contribution >= 4 is 12.2 Å². The predicted octanol–water partition coefficient (Wildman–Crippen LogP) is 4.79. The summed E-state index contributed by atoms with van der Waals surface area (Å²) in [5.74, 6) is 0.0624. The third-order valence-corrected chi connectivity index (χ3v) is 4.02. The smallest absolute Gasteiger partial charge is 0.244 e. The number of nitrogens with zero attached hydrogens (tertiary/aromatic N) is 4. The number of halogens is 1. The molecule has 0 amide bonds. The van der Waals surface area contributed by atoms with E-state index in [9.17, 15) is 4.39 Å². The SMILES string of the molecule is Fc1ccc(-c2cc(-c3ccccc3)nc(N/N=C/c3ccncc3)n2)cc1. The summed E-state index contributed by atoms with van der Waals surface area (Å²) in [6.07, 6.45) is 5.05. The molecule has 4 aromatic rings. The van der Waals surface area contributed by atoms with Crippen LogP contribution in [-0.2, 0) is 0 Å². The van der Waals surface area contributed by atoms with Crippen molar-refractivity contribution in [1.82, 2.24) is 15.0 Å². The van der Waals surface area contributed by atoms with Gasteiger partial charge in [0.1, 0.15) is 5.82 Å². The maximum Gasteiger partial charge on any atom is 0.244 e. The number of hydrogen-bond acceptors (Lipinski definition) is 5. The summed E-state index contributed by atoms with van der Waals surface area (Å²) < 4.78 is 13.3. The maximum atomic E-state index is 13.3. The fraction of sp³-hybridized carbons (Fsp3) is 0. The fourth-order valence-corrected chi connectivity index (χ4v) is 2.64. The minimum absolute atomic E-state index is 0.290. The summed E-state index contributed by atoms with van der Waals surface area (Å²) in [4.78, 5) is 13.0. The second-order valence-electron chi connectivity index (χ2n) is 5.99. The van der Waals surface area contributed by atoms with Crippen LogP contribution in [0.1, 0.15) is 5.56 Å². The van der Waals surface area contributed by atoms with Gasteiger partial charge in [-0.3, -0.25) is 4.98 Å². The normalized spacial score (nSPS) is 10.9. The lowest BCUT2D eigenvalue weighted by atomic mass is 10.1. The first kappa shape index (κ1) is 17.5. The molecule has 2 heterocycles. The lowest BCUT2D eigenvalue weighted by Gasteiger charge is -2.08. The van der Waals surface area contributed by atoms with Gasteiger partial charge in [0.15, 0.2) is 0 Å². The van der Waals surface area contributed by atoms with E-state index in [2.05, 4.69) is 25.5 Å². The first-order valence-corrected chi connectivity index (χ1v) is 8.67. The zero-order valence-electron chi connectivity index (χ0n) is 14.8. The quantitative estimate of drug-likeness (QED) is 0.406. The highest BCUT2D eigenvalue weighted by molar-refractivity contribution is 5.79. The molecule has 0 aliphatic rings. The summed E-state index contributed by atoms with van der Waals surface area (Å²) >= 11 is 0. The maximum absolute atomic E-state index is 13.3. The summed E-state index contributed by atoms with van der Waals surface area (Å²) in [6.45, 7) is 0. The standard InChI is InChI=1S/C22H16FN5/c23-19-8-6-18(7-9-19)21-14-20(17-4-2-1-3-5-17)26-22(27-21)28-25-15-16-10-12-24-13-11-16/h1-15H,(H,26,27,28)/b25-15+. The Kier molecular flexibility index (Phi) is 5.11. The van der Waals surface area contributed by atoms with E-state index in [1.165, 1.54) is 12.1 Å². The van der Waals surface area contributed by atoms with Gasteiger partial charge in [-0.25, -0.2) is 19.8 Å². The van der Waals surface area contributed by atoms with Gasteiger partial charge < -0.3 is 0 Å². The molecule has 6 heteroatoms. The minimum Gasteiger partial charge on any atom is -0.265 e. The Bertz CT molecular complexity index is 1080. The Hall–Kier alpha value is -3.93. The molecule has 2 aromatic heterocycles. The molecule has 0 unspecified atom stereocenters. The van der Waals surface area contributed by atoms with Crippen LogP contribution in [0.2, 0.25) is 0 Å². The molecule has 0 radical (unpaired) electrons. The molecule has 0 bridgehead atoms. The van der Waals surface area contributed by atoms with Crippen LogP contribution in [0, 0.1) is 5.82 Å². The Morgan fingerprint density at radius 1 is 0.786 bits per heavy atom. The van der Waals surface area contributed by atoms with Gasteiger partial charge in [0, 0.05) is 23.5 Å². The van der Waals surface area contributed by atoms with Crippen LogP contribution in [0.25, 0.3) is 22.5 Å². The monoisotopic (exact) mass is 369 g/mol. The van der Waals surface area contributed by atoms with Crippen LogP contribution < -0.4 is 5.43 Å². The number of pyridine rings is 1. The van der Waals surface area contributed by atoms with Crippen molar-refractivity contribution in [3.05, 3.63) is 96.6 Å². The van der Waals surface area contributed by atoms with Crippen LogP contribution in [0.5, 0.6) is 0 Å². The zero-order valence-corrected chi connectivity index (χ0v) is 14.8. The molecule has 4 rings (SSSR count). The molecule has 0 fully saturated rings. The fourth-order valence-electron chi connectivity index (χ4n) is 2.64. The van der Waals surface area contributed by atoms with Gasteiger partial charge in [-0.15, -0.1) is 0 Å². The second kappa shape index (κ2) is 8.18. The van der Waals surface area contributed by atoms with Gasteiger partial charge in [-0.2, -0.15) is 5.10 Å². The van der Waals surface area contributed by atoms with Crippen molar-refractivity contribution < 1.29 is 4.39 Å². The molecule has 136 valence electrons. The molecule has 1 N–H and O–H groups in total. The molecule has 0 saturated carbocycles. The number of nitrogens with one attached hydrogen (secondary N) is 1. The first-order valence-electron chi connectivity index (χ1n) is 8.67. The Labute approximate surface area is 161 Å². The van der Waals surface area contributed by atoms with E-state index >= 15 is 0 Å². The molecule has 0 aliphatic heterocycles. The number of hydrazone groups is 1. The summed E-state index contributed by atoms with van der Waals surface area (Å²) in [5.41, 5.74) is 6.95. The highest BCUT2D eigenvalue weighted by atomic mass is 19.1. The summed E-state index contributed by atoms with van der Waals surface area (Å²) in [7, 11) is 0. The molecule has 0 atom stereocenters. The van der Waals surface area contributed by atoms with Crippen molar-refractivity contribution in [1.29, 1.82) is 0 Å². The van der Waals surface area contributed by atoms with Crippen molar-refractivity contribution in [3.8, 4) is 22.5 Å². The average Bonchev–Trinajstić information content (AvgIpc) is 2.75. The number of aromatic nitrogens is 3. The first-order chi connectivity index (χ1) is 13.8. The van der Waals surface area contributed by atoms with Crippen LogP contribution >= 0.6 is 0 Å². The average molecular weight is 369 g/mol. The van der Waals surface area contributed by atoms with Crippen molar-refractivity contribution in [2.45, 2.75) is 0 Å². The Balaban J connectivity index is 1.69. The number of benzene rings is 2. The molecular formula is C22H16FN5. The molecular weight excluding hydrogens is 353 g/mol. The van der Waals surface area contributed by atoms with Gasteiger partial charge in [0.2, 0.25) is 5.95 Å². The molecule has 5 nitrogen and oxygen atoms in total. The largest absolute Gasteiger partial charge is 0.265 e. The minimum atomic E-state index is -0.290. The molecule has 28 heavy (non-hydrogen) atoms. The third-order valence-electron chi connectivity index (χ3n) is 4.02. The summed E-state index contributed by atoms with van der Waals surface area (Å²) in [5, 5.41) is 4.21. The van der Waals surface area contributed by atoms with E-state index in [4.69, 9.17) is 0 Å². The number of anilines is 1. The Morgan fingerprint density at radius 3 is 2.11 bits per heavy atom. The van der Waals surface area contributed by atoms with E-state index in [-0.39, 0.29) is 5.82 Å². The molecule has 0 saturated heterocycles. The van der Waals surface area contributed by atoms with E-state index in [0.717, 1.165) is 22.4 Å². The van der Waals surface area contributed by atoms with E-state index in [1.807, 2.05) is 48.5 Å². The number of hydrogen-bond donors (Lipinski definition) is 1. The zero-order chi connectivity index (χ0) is 19.2. The lowest BCUT2D eigenvalue weighted by Crippen LogP contribution is -2.00. The second-order valence-corrected chi connectivity index (χ2v) is 5.99. The van der Waals surface area contributed by atoms with Crippen LogP contribution in [-0.4, -0.2) is 21.2 Å². The van der Waals surface area contributed by atoms with Gasteiger partial charge >= 0.3 is 0 Å². The summed E-state index contributed by atoms with van der Waals surface area (Å²) in [6, 6.07) is 21.6. The lowest BCUT2D eigenvalue weighted by molar-refractivity contribution is 0.628. The number of rotatable bonds is 5. The van der Waals surface area contributed by atoms with E-state index in [0.29, 0.717) is 11.6 Å². The van der Waals surface area contributed by atoms with Gasteiger partial charge in [-0.1, -0.05) is 30.3 Å². The molecule has 0 spiro atoms. The Morgan fingerprint density at radius 2 is 1.43 bits per heavy atom. The van der Waals surface area contributed by atoms with Gasteiger partial charge in [-0.05, 0) is 48.0 Å². The van der Waals surface area contributed by atoms with E-state index in [1.54, 1.807) is 30.7 Å². The van der Waals surface area contributed by atoms with Gasteiger partial charge in [0.05, 0.1) is 17.6 Å².